The first-order valence-corrected chi connectivity index (χ1v) is 9.60. The SMILES string of the molecule is CCC[C@@H](NS(=O)(=O)CCCOCC(C)(C)C)C(C)(C)C. The van der Waals surface area contributed by atoms with Crippen molar-refractivity contribution in [3.05, 3.63) is 0 Å². The van der Waals surface area contributed by atoms with Crippen LogP contribution in [0.4, 0.5) is 0 Å². The van der Waals surface area contributed by atoms with Crippen LogP contribution in [0.25, 0.3) is 0 Å². The van der Waals surface area contributed by atoms with E-state index in [0.29, 0.717) is 19.6 Å². The van der Waals surface area contributed by atoms with E-state index in [0.717, 1.165) is 12.8 Å². The Hall–Kier alpha value is -0.130. The molecule has 0 amide bonds. The van der Waals surface area contributed by atoms with Gasteiger partial charge in [-0.05, 0) is 23.7 Å². The Balaban J connectivity index is 4.24. The molecule has 0 heterocycles. The second-order valence-corrected chi connectivity index (χ2v) is 9.98. The van der Waals surface area contributed by atoms with Crippen molar-refractivity contribution in [1.82, 2.24) is 4.72 Å². The van der Waals surface area contributed by atoms with Crippen molar-refractivity contribution in [2.75, 3.05) is 19.0 Å². The fraction of sp³-hybridized carbons (Fsp3) is 1.00. The highest BCUT2D eigenvalue weighted by atomic mass is 32.2. The van der Waals surface area contributed by atoms with Gasteiger partial charge in [0.15, 0.2) is 0 Å². The maximum Gasteiger partial charge on any atom is 0.211 e. The average Bonchev–Trinajstić information content (AvgIpc) is 2.24. The smallest absolute Gasteiger partial charge is 0.211 e. The van der Waals surface area contributed by atoms with E-state index in [4.69, 9.17) is 4.74 Å². The van der Waals surface area contributed by atoms with Crippen LogP contribution in [0.5, 0.6) is 0 Å². The van der Waals surface area contributed by atoms with Crippen molar-refractivity contribution in [1.29, 1.82) is 0 Å². The topological polar surface area (TPSA) is 55.4 Å². The maximum absolute atomic E-state index is 12.2. The van der Waals surface area contributed by atoms with Crippen LogP contribution < -0.4 is 4.72 Å². The standard InChI is InChI=1S/C16H35NO3S/c1-8-10-14(16(5,6)7)17-21(18,19)12-9-11-20-13-15(2,3)4/h14,17H,8-13H2,1-7H3/t14-/m1/s1. The summed E-state index contributed by atoms with van der Waals surface area (Å²) in [5, 5.41) is 0. The first-order chi connectivity index (χ1) is 9.37. The quantitative estimate of drug-likeness (QED) is 0.660. The molecule has 0 spiro atoms. The molecule has 0 aromatic heterocycles. The molecular formula is C16H35NO3S. The third-order valence-electron chi connectivity index (χ3n) is 3.18. The molecule has 0 saturated heterocycles. The lowest BCUT2D eigenvalue weighted by molar-refractivity contribution is 0.0720. The number of hydrogen-bond acceptors (Lipinski definition) is 3. The van der Waals surface area contributed by atoms with Crippen molar-refractivity contribution >= 4 is 10.0 Å². The molecule has 4 nitrogen and oxygen atoms in total. The van der Waals surface area contributed by atoms with Crippen molar-refractivity contribution in [2.45, 2.75) is 73.8 Å². The van der Waals surface area contributed by atoms with E-state index < -0.39 is 10.0 Å². The normalized spacial score (nSPS) is 15.2. The Morgan fingerprint density at radius 3 is 2.10 bits per heavy atom. The minimum absolute atomic E-state index is 0.0111. The molecule has 0 aliphatic heterocycles. The van der Waals surface area contributed by atoms with E-state index in [-0.39, 0.29) is 22.6 Å². The molecule has 128 valence electrons. The fourth-order valence-corrected chi connectivity index (χ4v) is 3.48. The van der Waals surface area contributed by atoms with E-state index in [1.807, 2.05) is 0 Å². The Kier molecular flexibility index (Phi) is 8.44. The Morgan fingerprint density at radius 2 is 1.67 bits per heavy atom. The molecule has 0 rings (SSSR count). The second-order valence-electron chi connectivity index (χ2n) is 8.11. The van der Waals surface area contributed by atoms with Gasteiger partial charge in [0, 0.05) is 12.6 Å². The third-order valence-corrected chi connectivity index (χ3v) is 4.65. The molecule has 1 N–H and O–H groups in total. The van der Waals surface area contributed by atoms with Gasteiger partial charge in [0.25, 0.3) is 0 Å². The molecule has 0 bridgehead atoms. The van der Waals surface area contributed by atoms with Crippen LogP contribution in [0.3, 0.4) is 0 Å². The monoisotopic (exact) mass is 321 g/mol. The van der Waals surface area contributed by atoms with Gasteiger partial charge in [0.2, 0.25) is 10.0 Å². The Morgan fingerprint density at radius 1 is 1.10 bits per heavy atom. The van der Waals surface area contributed by atoms with Crippen LogP contribution in [0.1, 0.15) is 67.7 Å². The number of nitrogens with one attached hydrogen (secondary N) is 1. The van der Waals surface area contributed by atoms with Gasteiger partial charge in [0.1, 0.15) is 0 Å². The van der Waals surface area contributed by atoms with Crippen molar-refractivity contribution in [3.8, 4) is 0 Å². The van der Waals surface area contributed by atoms with E-state index in [9.17, 15) is 8.42 Å². The van der Waals surface area contributed by atoms with Gasteiger partial charge in [-0.25, -0.2) is 13.1 Å². The zero-order valence-electron chi connectivity index (χ0n) is 15.0. The van der Waals surface area contributed by atoms with Gasteiger partial charge >= 0.3 is 0 Å². The van der Waals surface area contributed by atoms with E-state index in [1.54, 1.807) is 0 Å². The van der Waals surface area contributed by atoms with Gasteiger partial charge in [0.05, 0.1) is 12.4 Å². The minimum Gasteiger partial charge on any atom is -0.381 e. The lowest BCUT2D eigenvalue weighted by Crippen LogP contribution is -2.44. The zero-order valence-corrected chi connectivity index (χ0v) is 15.8. The van der Waals surface area contributed by atoms with E-state index in [2.05, 4.69) is 53.2 Å². The largest absolute Gasteiger partial charge is 0.381 e. The van der Waals surface area contributed by atoms with Crippen LogP contribution >= 0.6 is 0 Å². The van der Waals surface area contributed by atoms with Crippen LogP contribution in [0.2, 0.25) is 0 Å². The highest BCUT2D eigenvalue weighted by Crippen LogP contribution is 2.23. The van der Waals surface area contributed by atoms with Crippen LogP contribution in [0, 0.1) is 10.8 Å². The lowest BCUT2D eigenvalue weighted by Gasteiger charge is -2.31. The van der Waals surface area contributed by atoms with E-state index >= 15 is 0 Å². The minimum atomic E-state index is -3.23. The van der Waals surface area contributed by atoms with Crippen molar-refractivity contribution < 1.29 is 13.2 Å². The summed E-state index contributed by atoms with van der Waals surface area (Å²) >= 11 is 0. The van der Waals surface area contributed by atoms with E-state index in [1.165, 1.54) is 0 Å². The molecular weight excluding hydrogens is 286 g/mol. The predicted octanol–water partition coefficient (Wildman–Crippen LogP) is 3.57. The third kappa shape index (κ3) is 11.1. The molecule has 5 heteroatoms. The van der Waals surface area contributed by atoms with Crippen LogP contribution in [-0.2, 0) is 14.8 Å². The summed E-state index contributed by atoms with van der Waals surface area (Å²) in [4.78, 5) is 0. The van der Waals surface area contributed by atoms with Gasteiger partial charge in [-0.15, -0.1) is 0 Å². The summed E-state index contributed by atoms with van der Waals surface area (Å²) in [5.74, 6) is 0.132. The molecule has 0 unspecified atom stereocenters. The predicted molar refractivity (Wildman–Crippen MR) is 90.0 cm³/mol. The summed E-state index contributed by atoms with van der Waals surface area (Å²) in [6.45, 7) is 15.7. The molecule has 0 fully saturated rings. The van der Waals surface area contributed by atoms with Crippen molar-refractivity contribution in [2.24, 2.45) is 10.8 Å². The van der Waals surface area contributed by atoms with Gasteiger partial charge in [-0.1, -0.05) is 54.9 Å². The zero-order chi connectivity index (χ0) is 16.7. The number of ether oxygens (including phenoxy) is 1. The highest BCUT2D eigenvalue weighted by Gasteiger charge is 2.27. The molecule has 21 heavy (non-hydrogen) atoms. The summed E-state index contributed by atoms with van der Waals surface area (Å²) in [5.41, 5.74) is 0.0569. The summed E-state index contributed by atoms with van der Waals surface area (Å²) in [7, 11) is -3.23. The Labute approximate surface area is 132 Å². The van der Waals surface area contributed by atoms with Crippen LogP contribution in [0.15, 0.2) is 0 Å². The number of rotatable bonds is 9. The van der Waals surface area contributed by atoms with Gasteiger partial charge in [-0.3, -0.25) is 0 Å². The molecule has 0 aliphatic carbocycles. The van der Waals surface area contributed by atoms with Crippen molar-refractivity contribution in [3.63, 3.8) is 0 Å². The molecule has 0 aromatic carbocycles. The Bertz CT molecular complexity index is 377. The second kappa shape index (κ2) is 8.49. The fourth-order valence-electron chi connectivity index (χ4n) is 1.96. The molecule has 0 aliphatic rings. The molecule has 0 radical (unpaired) electrons. The average molecular weight is 322 g/mol. The summed E-state index contributed by atoms with van der Waals surface area (Å²) in [6, 6.07) is -0.0111. The lowest BCUT2D eigenvalue weighted by atomic mass is 9.85. The number of sulfonamides is 1. The van der Waals surface area contributed by atoms with Gasteiger partial charge in [-0.2, -0.15) is 0 Å². The van der Waals surface area contributed by atoms with Crippen LogP contribution in [-0.4, -0.2) is 33.4 Å². The summed E-state index contributed by atoms with van der Waals surface area (Å²) < 4.78 is 32.7. The molecule has 0 aromatic rings. The highest BCUT2D eigenvalue weighted by molar-refractivity contribution is 7.89. The molecule has 1 atom stereocenters. The number of hydrogen-bond donors (Lipinski definition) is 1. The first-order valence-electron chi connectivity index (χ1n) is 7.95. The maximum atomic E-state index is 12.2. The van der Waals surface area contributed by atoms with Gasteiger partial charge < -0.3 is 4.74 Å². The molecule has 0 saturated carbocycles. The summed E-state index contributed by atoms with van der Waals surface area (Å²) in [6.07, 6.45) is 2.37. The first kappa shape index (κ1) is 20.9.